The topological polar surface area (TPSA) is 52.5 Å². The molecule has 8 aromatic rings. The smallest absolute Gasteiger partial charge is 0.141 e. The molecule has 0 unspecified atom stereocenters. The van der Waals surface area contributed by atoms with Crippen LogP contribution in [0.2, 0.25) is 0 Å². The minimum absolute atomic E-state index is 0.137. The fourth-order valence-electron chi connectivity index (χ4n) is 7.60. The fourth-order valence-corrected chi connectivity index (χ4v) is 7.60. The van der Waals surface area contributed by atoms with Gasteiger partial charge >= 0.3 is 0 Å². The first-order valence-electron chi connectivity index (χ1n) is 17.6. The molecule has 52 heavy (non-hydrogen) atoms. The van der Waals surface area contributed by atoms with Crippen LogP contribution in [-0.2, 0) is 5.41 Å². The van der Waals surface area contributed by atoms with Crippen LogP contribution in [0, 0.1) is 0 Å². The lowest BCUT2D eigenvalue weighted by atomic mass is 9.73. The highest BCUT2D eigenvalue weighted by Crippen LogP contribution is 2.53. The third-order valence-corrected chi connectivity index (χ3v) is 10.2. The van der Waals surface area contributed by atoms with Crippen molar-refractivity contribution in [2.24, 2.45) is 0 Å². The number of phenolic OH excluding ortho intramolecular Hbond substituents is 1. The van der Waals surface area contributed by atoms with Crippen LogP contribution in [0.3, 0.4) is 0 Å². The van der Waals surface area contributed by atoms with Gasteiger partial charge in [-0.15, -0.1) is 0 Å². The van der Waals surface area contributed by atoms with E-state index in [1.54, 1.807) is 6.07 Å². The molecule has 1 aliphatic heterocycles. The van der Waals surface area contributed by atoms with E-state index in [1.165, 1.54) is 11.1 Å². The Labute approximate surface area is 303 Å². The summed E-state index contributed by atoms with van der Waals surface area (Å²) in [6, 6.07) is 58.3. The molecule has 0 fully saturated rings. The van der Waals surface area contributed by atoms with Crippen LogP contribution in [0.4, 0.5) is 34.3 Å². The van der Waals surface area contributed by atoms with Gasteiger partial charge < -0.3 is 10.0 Å². The maximum atomic E-state index is 11.3. The summed E-state index contributed by atoms with van der Waals surface area (Å²) in [6.45, 7) is 4.58. The zero-order chi connectivity index (χ0) is 35.2. The Balaban J connectivity index is 1.27. The van der Waals surface area contributed by atoms with Gasteiger partial charge in [0, 0.05) is 33.9 Å². The summed E-state index contributed by atoms with van der Waals surface area (Å²) in [6.07, 6.45) is 1.89. The van der Waals surface area contributed by atoms with Gasteiger partial charge in [0.05, 0.1) is 22.8 Å². The number of hydrogen-bond donors (Lipinski definition) is 1. The van der Waals surface area contributed by atoms with E-state index in [4.69, 9.17) is 9.97 Å². The maximum Gasteiger partial charge on any atom is 0.141 e. The molecule has 0 saturated carbocycles. The van der Waals surface area contributed by atoms with Gasteiger partial charge in [-0.05, 0) is 82.9 Å². The number of phenols is 1. The fraction of sp³-hybridized carbons (Fsp3) is 0.0638. The second kappa shape index (κ2) is 12.6. The second-order valence-electron chi connectivity index (χ2n) is 13.7. The van der Waals surface area contributed by atoms with E-state index in [-0.39, 0.29) is 11.2 Å². The van der Waals surface area contributed by atoms with Crippen LogP contribution in [0.15, 0.2) is 176 Å². The zero-order valence-electron chi connectivity index (χ0n) is 29.0. The highest BCUT2D eigenvalue weighted by Gasteiger charge is 2.37. The summed E-state index contributed by atoms with van der Waals surface area (Å²) in [5.74, 6) is 0.977. The monoisotopic (exact) mass is 672 g/mol. The van der Waals surface area contributed by atoms with Crippen molar-refractivity contribution in [2.75, 3.05) is 9.80 Å². The second-order valence-corrected chi connectivity index (χ2v) is 13.7. The van der Waals surface area contributed by atoms with Crippen molar-refractivity contribution < 1.29 is 5.11 Å². The van der Waals surface area contributed by atoms with Crippen LogP contribution in [-0.4, -0.2) is 15.1 Å². The SMILES string of the molecule is CC1(C)c2ccccc2N(c2cc(-c3ccccc3)ccn2)c2cc(-c3cc(N(c4ccccc4)c4ccccc4)c4cccc(O)c4n3)ccc21. The standard InChI is InChI=1S/C47H36N4O/c1-47(2)38-22-12-13-23-41(38)51(45-30-33(27-28-48-45)32-15-6-3-7-16-32)43-29-34(25-26-39(43)47)40-31-42(37-21-14-24-44(52)46(37)49-40)50(35-17-8-4-9-18-35)36-19-10-5-11-20-36/h3-31,52H,1-2H3. The van der Waals surface area contributed by atoms with Crippen LogP contribution >= 0.6 is 0 Å². The molecule has 0 atom stereocenters. The van der Waals surface area contributed by atoms with Gasteiger partial charge in [-0.1, -0.05) is 123 Å². The Morgan fingerprint density at radius 2 is 1.21 bits per heavy atom. The molecule has 0 spiro atoms. The van der Waals surface area contributed by atoms with Gasteiger partial charge in [-0.25, -0.2) is 9.97 Å². The van der Waals surface area contributed by atoms with Crippen LogP contribution in [0.1, 0.15) is 25.0 Å². The van der Waals surface area contributed by atoms with Crippen molar-refractivity contribution in [3.8, 4) is 28.1 Å². The Morgan fingerprint density at radius 1 is 0.558 bits per heavy atom. The summed E-state index contributed by atoms with van der Waals surface area (Å²) in [5, 5.41) is 12.1. The third-order valence-electron chi connectivity index (χ3n) is 10.2. The largest absolute Gasteiger partial charge is 0.506 e. The van der Waals surface area contributed by atoms with E-state index in [0.717, 1.165) is 62.0 Å². The highest BCUT2D eigenvalue weighted by molar-refractivity contribution is 6.01. The normalized spacial score (nSPS) is 13.0. The van der Waals surface area contributed by atoms with Crippen molar-refractivity contribution in [1.29, 1.82) is 0 Å². The number of rotatable bonds is 6. The summed E-state index contributed by atoms with van der Waals surface area (Å²) >= 11 is 0. The average molecular weight is 673 g/mol. The average Bonchev–Trinajstić information content (AvgIpc) is 3.19. The van der Waals surface area contributed by atoms with Crippen LogP contribution in [0.5, 0.6) is 5.75 Å². The van der Waals surface area contributed by atoms with Gasteiger partial charge in [0.25, 0.3) is 0 Å². The Hall–Kier alpha value is -6.72. The Kier molecular flexibility index (Phi) is 7.55. The number of para-hydroxylation sites is 4. The number of pyridine rings is 2. The number of nitrogens with zero attached hydrogens (tertiary/aromatic N) is 4. The van der Waals surface area contributed by atoms with E-state index < -0.39 is 0 Å². The molecule has 2 aromatic heterocycles. The lowest BCUT2D eigenvalue weighted by Crippen LogP contribution is -2.31. The number of aromatic nitrogens is 2. The van der Waals surface area contributed by atoms with E-state index in [0.29, 0.717) is 5.52 Å². The van der Waals surface area contributed by atoms with Crippen molar-refractivity contribution in [3.05, 3.63) is 187 Å². The predicted molar refractivity (Wildman–Crippen MR) is 214 cm³/mol. The van der Waals surface area contributed by atoms with Gasteiger partial charge in [-0.2, -0.15) is 0 Å². The zero-order valence-corrected chi connectivity index (χ0v) is 29.0. The number of hydrogen-bond acceptors (Lipinski definition) is 5. The molecule has 1 N–H and O–H groups in total. The Morgan fingerprint density at radius 3 is 1.94 bits per heavy atom. The van der Waals surface area contributed by atoms with E-state index in [9.17, 15) is 5.11 Å². The Bertz CT molecular complexity index is 2530. The van der Waals surface area contributed by atoms with Crippen molar-refractivity contribution in [2.45, 2.75) is 19.3 Å². The van der Waals surface area contributed by atoms with E-state index >= 15 is 0 Å². The molecule has 3 heterocycles. The third kappa shape index (κ3) is 5.26. The van der Waals surface area contributed by atoms with Crippen LogP contribution < -0.4 is 9.80 Å². The molecule has 5 nitrogen and oxygen atoms in total. The van der Waals surface area contributed by atoms with E-state index in [1.807, 2.05) is 60.8 Å². The molecule has 5 heteroatoms. The number of fused-ring (bicyclic) bond motifs is 3. The summed E-state index contributed by atoms with van der Waals surface area (Å²) in [7, 11) is 0. The van der Waals surface area contributed by atoms with Gasteiger partial charge in [0.1, 0.15) is 17.1 Å². The van der Waals surface area contributed by atoms with Crippen LogP contribution in [0.25, 0.3) is 33.3 Å². The molecule has 250 valence electrons. The number of aromatic hydroxyl groups is 1. The first-order chi connectivity index (χ1) is 25.5. The molecule has 9 rings (SSSR count). The first-order valence-corrected chi connectivity index (χ1v) is 17.6. The lowest BCUT2D eigenvalue weighted by molar-refractivity contribution is 0.480. The minimum Gasteiger partial charge on any atom is -0.506 e. The number of anilines is 6. The maximum absolute atomic E-state index is 11.3. The molecular formula is C47H36N4O. The van der Waals surface area contributed by atoms with Crippen molar-refractivity contribution in [1.82, 2.24) is 9.97 Å². The molecule has 1 aliphatic rings. The summed E-state index contributed by atoms with van der Waals surface area (Å²) in [5.41, 5.74) is 11.7. The first kappa shape index (κ1) is 31.3. The lowest BCUT2D eigenvalue weighted by Gasteiger charge is -2.41. The van der Waals surface area contributed by atoms with Crippen molar-refractivity contribution >= 4 is 45.2 Å². The molecular weight excluding hydrogens is 637 g/mol. The van der Waals surface area contributed by atoms with Gasteiger partial charge in [0.15, 0.2) is 0 Å². The molecule has 0 saturated heterocycles. The summed E-state index contributed by atoms with van der Waals surface area (Å²) < 4.78 is 0. The molecule has 0 radical (unpaired) electrons. The molecule has 0 amide bonds. The highest BCUT2D eigenvalue weighted by atomic mass is 16.3. The molecule has 0 aliphatic carbocycles. The van der Waals surface area contributed by atoms with E-state index in [2.05, 4.69) is 133 Å². The molecule has 6 aromatic carbocycles. The van der Waals surface area contributed by atoms with Gasteiger partial charge in [-0.3, -0.25) is 4.90 Å². The quantitative estimate of drug-likeness (QED) is 0.190. The summed E-state index contributed by atoms with van der Waals surface area (Å²) in [4.78, 5) is 14.6. The van der Waals surface area contributed by atoms with Gasteiger partial charge in [0.2, 0.25) is 0 Å². The predicted octanol–water partition coefficient (Wildman–Crippen LogP) is 12.2. The minimum atomic E-state index is -0.268. The van der Waals surface area contributed by atoms with Crippen molar-refractivity contribution in [3.63, 3.8) is 0 Å². The number of benzene rings is 6. The molecule has 0 bridgehead atoms.